The third kappa shape index (κ3) is 8.44. The summed E-state index contributed by atoms with van der Waals surface area (Å²) < 4.78 is 5.35. The van der Waals surface area contributed by atoms with Crippen LogP contribution in [-0.4, -0.2) is 18.0 Å². The van der Waals surface area contributed by atoms with Gasteiger partial charge < -0.3 is 4.74 Å². The van der Waals surface area contributed by atoms with Crippen molar-refractivity contribution >= 4 is 15.9 Å². The van der Waals surface area contributed by atoms with Gasteiger partial charge in [-0.25, -0.2) is 0 Å². The third-order valence-corrected chi connectivity index (χ3v) is 1.76. The van der Waals surface area contributed by atoms with E-state index in [1.807, 2.05) is 0 Å². The molecule has 0 aromatic heterocycles. The Labute approximate surface area is 72.3 Å². The summed E-state index contributed by atoms with van der Waals surface area (Å²) in [4.78, 5) is 0.592. The maximum absolute atomic E-state index is 5.35. The zero-order valence-corrected chi connectivity index (χ0v) is 8.49. The minimum atomic E-state index is 0.592. The number of hydrogen-bond donors (Lipinski definition) is 0. The molecule has 62 valence electrons. The number of ether oxygens (including phenoxy) is 1. The highest BCUT2D eigenvalue weighted by Crippen LogP contribution is 2.02. The predicted molar refractivity (Wildman–Crippen MR) is 48.7 cm³/mol. The molecule has 2 heteroatoms. The maximum Gasteiger partial charge on any atom is 0.0476 e. The minimum absolute atomic E-state index is 0.592. The van der Waals surface area contributed by atoms with Gasteiger partial charge in [-0.1, -0.05) is 36.2 Å². The van der Waals surface area contributed by atoms with Crippen LogP contribution in [0.15, 0.2) is 0 Å². The Balaban J connectivity index is 2.77. The van der Waals surface area contributed by atoms with Crippen molar-refractivity contribution in [1.29, 1.82) is 0 Å². The van der Waals surface area contributed by atoms with Gasteiger partial charge in [-0.2, -0.15) is 0 Å². The van der Waals surface area contributed by atoms with E-state index in [1.165, 1.54) is 12.8 Å². The first-order valence-electron chi connectivity index (χ1n) is 3.99. The van der Waals surface area contributed by atoms with Gasteiger partial charge in [0.15, 0.2) is 0 Å². The van der Waals surface area contributed by atoms with E-state index in [0.29, 0.717) is 4.83 Å². The average Bonchev–Trinajstić information content (AvgIpc) is 1.87. The van der Waals surface area contributed by atoms with E-state index in [-0.39, 0.29) is 0 Å². The molecular weight excluding hydrogens is 192 g/mol. The predicted octanol–water partition coefficient (Wildman–Crippen LogP) is 2.98. The number of unbranched alkanes of at least 4 members (excludes halogenated alkanes) is 1. The van der Waals surface area contributed by atoms with Crippen molar-refractivity contribution in [3.8, 4) is 0 Å². The molecule has 0 rings (SSSR count). The van der Waals surface area contributed by atoms with Crippen LogP contribution in [0.3, 0.4) is 0 Å². The molecule has 1 unspecified atom stereocenters. The lowest BCUT2D eigenvalue weighted by atomic mass is 10.3. The second-order valence-electron chi connectivity index (χ2n) is 2.54. The monoisotopic (exact) mass is 208 g/mol. The summed E-state index contributed by atoms with van der Waals surface area (Å²) in [5.41, 5.74) is 0. The van der Waals surface area contributed by atoms with Gasteiger partial charge in [0.1, 0.15) is 0 Å². The van der Waals surface area contributed by atoms with E-state index in [4.69, 9.17) is 4.74 Å². The number of rotatable bonds is 6. The highest BCUT2D eigenvalue weighted by atomic mass is 79.9. The van der Waals surface area contributed by atoms with Gasteiger partial charge in [-0.3, -0.25) is 0 Å². The largest absolute Gasteiger partial charge is 0.381 e. The van der Waals surface area contributed by atoms with Crippen LogP contribution in [0.1, 0.15) is 33.1 Å². The summed E-state index contributed by atoms with van der Waals surface area (Å²) >= 11 is 3.46. The highest BCUT2D eigenvalue weighted by Gasteiger charge is 1.93. The molecule has 0 aliphatic rings. The van der Waals surface area contributed by atoms with Gasteiger partial charge in [0.2, 0.25) is 0 Å². The van der Waals surface area contributed by atoms with E-state index in [9.17, 15) is 0 Å². The van der Waals surface area contributed by atoms with E-state index < -0.39 is 0 Å². The molecule has 0 aromatic rings. The summed E-state index contributed by atoms with van der Waals surface area (Å²) in [6.07, 6.45) is 3.53. The molecule has 1 nitrogen and oxygen atoms in total. The fourth-order valence-electron chi connectivity index (χ4n) is 0.594. The van der Waals surface area contributed by atoms with Crippen molar-refractivity contribution in [2.45, 2.75) is 37.9 Å². The van der Waals surface area contributed by atoms with Crippen molar-refractivity contribution in [1.82, 2.24) is 0 Å². The Morgan fingerprint density at radius 2 is 2.10 bits per heavy atom. The molecule has 0 saturated heterocycles. The fourth-order valence-corrected chi connectivity index (χ4v) is 0.781. The van der Waals surface area contributed by atoms with Crippen LogP contribution >= 0.6 is 15.9 Å². The third-order valence-electron chi connectivity index (χ3n) is 1.30. The molecule has 0 bridgehead atoms. The molecule has 0 N–H and O–H groups in total. The molecule has 0 saturated carbocycles. The van der Waals surface area contributed by atoms with Crippen molar-refractivity contribution in [2.75, 3.05) is 13.2 Å². The standard InChI is InChI=1S/C8H17BrO/c1-3-4-6-10-7-5-8(2)9/h8H,3-7H2,1-2H3. The van der Waals surface area contributed by atoms with Crippen LogP contribution in [0.4, 0.5) is 0 Å². The molecule has 0 heterocycles. The van der Waals surface area contributed by atoms with E-state index in [0.717, 1.165) is 19.6 Å². The first kappa shape index (κ1) is 10.4. The summed E-state index contributed by atoms with van der Waals surface area (Å²) in [6.45, 7) is 6.14. The van der Waals surface area contributed by atoms with Crippen molar-refractivity contribution in [3.63, 3.8) is 0 Å². The fraction of sp³-hybridized carbons (Fsp3) is 1.00. The van der Waals surface area contributed by atoms with Crippen LogP contribution < -0.4 is 0 Å². The second-order valence-corrected chi connectivity index (χ2v) is 4.10. The molecule has 0 radical (unpaired) electrons. The van der Waals surface area contributed by atoms with Gasteiger partial charge in [0.05, 0.1) is 0 Å². The SMILES string of the molecule is CCCCOCCC(C)Br. The Bertz CT molecular complexity index is 64.3. The lowest BCUT2D eigenvalue weighted by Gasteiger charge is -2.03. The number of alkyl halides is 1. The minimum Gasteiger partial charge on any atom is -0.381 e. The molecule has 0 aromatic carbocycles. The quantitative estimate of drug-likeness (QED) is 0.482. The number of hydrogen-bond acceptors (Lipinski definition) is 1. The molecule has 0 aliphatic heterocycles. The Kier molecular flexibility index (Phi) is 7.88. The molecule has 1 atom stereocenters. The summed E-state index contributed by atoms with van der Waals surface area (Å²) in [7, 11) is 0. The van der Waals surface area contributed by atoms with Gasteiger partial charge in [0, 0.05) is 18.0 Å². The van der Waals surface area contributed by atoms with Crippen LogP contribution in [0.2, 0.25) is 0 Å². The van der Waals surface area contributed by atoms with Crippen LogP contribution in [0.5, 0.6) is 0 Å². The molecule has 0 spiro atoms. The summed E-state index contributed by atoms with van der Waals surface area (Å²) in [5.74, 6) is 0. The van der Waals surface area contributed by atoms with Crippen LogP contribution in [0, 0.1) is 0 Å². The van der Waals surface area contributed by atoms with Gasteiger partial charge >= 0.3 is 0 Å². The van der Waals surface area contributed by atoms with E-state index in [1.54, 1.807) is 0 Å². The summed E-state index contributed by atoms with van der Waals surface area (Å²) in [6, 6.07) is 0. The van der Waals surface area contributed by atoms with Crippen molar-refractivity contribution in [3.05, 3.63) is 0 Å². The Hall–Kier alpha value is 0.440. The zero-order chi connectivity index (χ0) is 7.82. The first-order valence-corrected chi connectivity index (χ1v) is 4.90. The topological polar surface area (TPSA) is 9.23 Å². The van der Waals surface area contributed by atoms with E-state index in [2.05, 4.69) is 29.8 Å². The summed E-state index contributed by atoms with van der Waals surface area (Å²) in [5, 5.41) is 0. The van der Waals surface area contributed by atoms with E-state index >= 15 is 0 Å². The molecule has 0 fully saturated rings. The van der Waals surface area contributed by atoms with Gasteiger partial charge in [-0.05, 0) is 12.8 Å². The lowest BCUT2D eigenvalue weighted by molar-refractivity contribution is 0.129. The first-order chi connectivity index (χ1) is 4.77. The van der Waals surface area contributed by atoms with Crippen molar-refractivity contribution in [2.24, 2.45) is 0 Å². The average molecular weight is 209 g/mol. The lowest BCUT2D eigenvalue weighted by Crippen LogP contribution is -2.01. The molecule has 0 amide bonds. The van der Waals surface area contributed by atoms with Gasteiger partial charge in [0.25, 0.3) is 0 Å². The van der Waals surface area contributed by atoms with Crippen LogP contribution in [-0.2, 0) is 4.74 Å². The highest BCUT2D eigenvalue weighted by molar-refractivity contribution is 9.09. The van der Waals surface area contributed by atoms with Gasteiger partial charge in [-0.15, -0.1) is 0 Å². The van der Waals surface area contributed by atoms with Crippen LogP contribution in [0.25, 0.3) is 0 Å². The maximum atomic E-state index is 5.35. The van der Waals surface area contributed by atoms with Crippen molar-refractivity contribution < 1.29 is 4.74 Å². The molecular formula is C8H17BrO. The Morgan fingerprint density at radius 3 is 2.60 bits per heavy atom. The Morgan fingerprint density at radius 1 is 1.40 bits per heavy atom. The second kappa shape index (κ2) is 7.55. The molecule has 0 aliphatic carbocycles. The zero-order valence-electron chi connectivity index (χ0n) is 6.90. The smallest absolute Gasteiger partial charge is 0.0476 e. The normalized spacial score (nSPS) is 13.5. The number of halogens is 1. The molecule has 10 heavy (non-hydrogen) atoms.